The molecule has 0 radical (unpaired) electrons. The maximum absolute atomic E-state index is 13.0. The molecule has 0 amide bonds. The Bertz CT molecular complexity index is 716. The minimum Gasteiger partial charge on any atom is -0.466 e. The lowest BCUT2D eigenvalue weighted by molar-refractivity contribution is -0.150. The smallest absolute Gasteiger partial charge is 0.306 e. The van der Waals surface area contributed by atoms with Gasteiger partial charge in [-0.15, -0.1) is 0 Å². The summed E-state index contributed by atoms with van der Waals surface area (Å²) in [6, 6.07) is 0. The Morgan fingerprint density at radius 2 is 1.02 bits per heavy atom. The maximum atomic E-state index is 13.0. The van der Waals surface area contributed by atoms with Crippen LogP contribution in [0.1, 0.15) is 227 Å². The first-order valence-electron chi connectivity index (χ1n) is 21.6. The van der Waals surface area contributed by atoms with Gasteiger partial charge in [0, 0.05) is 12.8 Å². The summed E-state index contributed by atoms with van der Waals surface area (Å²) in [6.07, 6.45) is 36.3. The van der Waals surface area contributed by atoms with Crippen LogP contribution in [0.4, 0.5) is 0 Å². The second-order valence-corrected chi connectivity index (χ2v) is 15.4. The van der Waals surface area contributed by atoms with E-state index in [2.05, 4.69) is 32.6 Å². The predicted octanol–water partition coefficient (Wildman–Crippen LogP) is 12.9. The first-order chi connectivity index (χ1) is 23.5. The van der Waals surface area contributed by atoms with E-state index in [4.69, 9.17) is 9.47 Å². The quantitative estimate of drug-likeness (QED) is 0.0501. The van der Waals surface area contributed by atoms with Crippen molar-refractivity contribution in [3.63, 3.8) is 0 Å². The highest BCUT2D eigenvalue weighted by Crippen LogP contribution is 2.41. The van der Waals surface area contributed by atoms with Crippen LogP contribution in [0.25, 0.3) is 0 Å². The van der Waals surface area contributed by atoms with Gasteiger partial charge in [-0.1, -0.05) is 150 Å². The van der Waals surface area contributed by atoms with E-state index in [0.717, 1.165) is 77.4 Å². The number of esters is 2. The average molecular weight is 678 g/mol. The van der Waals surface area contributed by atoms with Crippen molar-refractivity contribution in [2.75, 3.05) is 26.2 Å². The van der Waals surface area contributed by atoms with Crippen LogP contribution in [0.3, 0.4) is 0 Å². The van der Waals surface area contributed by atoms with Crippen LogP contribution in [0.5, 0.6) is 0 Å². The molecule has 0 aromatic rings. The number of carbonyl (C=O) groups is 2. The zero-order chi connectivity index (χ0) is 35.0. The molecule has 284 valence electrons. The van der Waals surface area contributed by atoms with Crippen LogP contribution in [0, 0.1) is 5.41 Å². The lowest BCUT2D eigenvalue weighted by Crippen LogP contribution is -2.40. The van der Waals surface area contributed by atoms with Crippen LogP contribution in [-0.4, -0.2) is 49.2 Å². The summed E-state index contributed by atoms with van der Waals surface area (Å²) in [5.41, 5.74) is 0.199. The number of rotatable bonds is 34. The van der Waals surface area contributed by atoms with Gasteiger partial charge >= 0.3 is 11.9 Å². The van der Waals surface area contributed by atoms with Gasteiger partial charge in [0.15, 0.2) is 0 Å². The number of piperidine rings is 1. The van der Waals surface area contributed by atoms with Crippen molar-refractivity contribution in [1.82, 2.24) is 4.90 Å². The topological polar surface area (TPSA) is 55.8 Å². The zero-order valence-corrected chi connectivity index (χ0v) is 32.9. The van der Waals surface area contributed by atoms with Crippen LogP contribution in [0.15, 0.2) is 0 Å². The number of ether oxygens (including phenoxy) is 2. The van der Waals surface area contributed by atoms with Gasteiger partial charge in [0.25, 0.3) is 0 Å². The Morgan fingerprint density at radius 3 is 1.52 bits per heavy atom. The molecule has 0 aliphatic carbocycles. The maximum Gasteiger partial charge on any atom is 0.306 e. The fourth-order valence-corrected chi connectivity index (χ4v) is 7.59. The van der Waals surface area contributed by atoms with Gasteiger partial charge in [-0.05, 0) is 89.3 Å². The van der Waals surface area contributed by atoms with E-state index in [0.29, 0.717) is 19.4 Å². The lowest BCUT2D eigenvalue weighted by Gasteiger charge is -2.42. The normalized spacial score (nSPS) is 14.9. The number of likely N-dealkylation sites (tertiary alicyclic amines) is 1. The summed E-state index contributed by atoms with van der Waals surface area (Å²) in [5, 5.41) is 0. The van der Waals surface area contributed by atoms with E-state index in [9.17, 15) is 9.59 Å². The van der Waals surface area contributed by atoms with E-state index in [1.165, 1.54) is 128 Å². The summed E-state index contributed by atoms with van der Waals surface area (Å²) < 4.78 is 11.8. The molecule has 0 spiro atoms. The highest BCUT2D eigenvalue weighted by Gasteiger charge is 2.34. The molecule has 0 aromatic heterocycles. The van der Waals surface area contributed by atoms with Crippen molar-refractivity contribution >= 4 is 11.9 Å². The molecule has 1 rings (SSSR count). The first-order valence-corrected chi connectivity index (χ1v) is 21.6. The third-order valence-corrected chi connectivity index (χ3v) is 11.1. The lowest BCUT2D eigenvalue weighted by atomic mass is 9.71. The number of hydrogen-bond acceptors (Lipinski definition) is 5. The zero-order valence-electron chi connectivity index (χ0n) is 32.9. The van der Waals surface area contributed by atoms with E-state index in [1.54, 1.807) is 0 Å². The SMILES string of the molecule is CCCCCCCCCCCOC(=O)CCC1(CCCCC(=O)OC(CCCCCCCC)CCCCCCCC)CCN(CC)CC1. The molecule has 1 aliphatic rings. The number of hydrogen-bond donors (Lipinski definition) is 0. The summed E-state index contributed by atoms with van der Waals surface area (Å²) in [4.78, 5) is 28.2. The van der Waals surface area contributed by atoms with Crippen LogP contribution >= 0.6 is 0 Å². The van der Waals surface area contributed by atoms with Crippen molar-refractivity contribution in [3.8, 4) is 0 Å². The summed E-state index contributed by atoms with van der Waals surface area (Å²) in [5.74, 6) is -0.0101. The van der Waals surface area contributed by atoms with Gasteiger partial charge in [0.05, 0.1) is 6.61 Å². The highest BCUT2D eigenvalue weighted by atomic mass is 16.5. The molecule has 5 nitrogen and oxygen atoms in total. The first kappa shape index (κ1) is 44.9. The van der Waals surface area contributed by atoms with Gasteiger partial charge in [-0.2, -0.15) is 0 Å². The molecule has 0 N–H and O–H groups in total. The Labute approximate surface area is 299 Å². The Kier molecular flexibility index (Phi) is 29.8. The molecule has 1 aliphatic heterocycles. The minimum atomic E-state index is -0.0165. The molecule has 1 fully saturated rings. The van der Waals surface area contributed by atoms with Crippen LogP contribution < -0.4 is 0 Å². The monoisotopic (exact) mass is 678 g/mol. The molecular formula is C43H83NO4. The molecule has 1 heterocycles. The second-order valence-electron chi connectivity index (χ2n) is 15.4. The molecule has 1 saturated heterocycles. The van der Waals surface area contributed by atoms with Crippen LogP contribution in [0.2, 0.25) is 0 Å². The third kappa shape index (κ3) is 24.9. The summed E-state index contributed by atoms with van der Waals surface area (Å²) in [7, 11) is 0. The Morgan fingerprint density at radius 1 is 0.542 bits per heavy atom. The van der Waals surface area contributed by atoms with Crippen molar-refractivity contribution in [2.24, 2.45) is 5.41 Å². The molecule has 0 bridgehead atoms. The fraction of sp³-hybridized carbons (Fsp3) is 0.953. The molecule has 5 heteroatoms. The van der Waals surface area contributed by atoms with E-state index < -0.39 is 0 Å². The van der Waals surface area contributed by atoms with Gasteiger partial charge in [0.2, 0.25) is 0 Å². The van der Waals surface area contributed by atoms with E-state index >= 15 is 0 Å². The van der Waals surface area contributed by atoms with Crippen molar-refractivity contribution in [1.29, 1.82) is 0 Å². The van der Waals surface area contributed by atoms with Gasteiger partial charge < -0.3 is 14.4 Å². The van der Waals surface area contributed by atoms with Gasteiger partial charge in [-0.25, -0.2) is 0 Å². The predicted molar refractivity (Wildman–Crippen MR) is 206 cm³/mol. The van der Waals surface area contributed by atoms with Gasteiger partial charge in [-0.3, -0.25) is 9.59 Å². The molecule has 0 aromatic carbocycles. The Balaban J connectivity index is 2.42. The summed E-state index contributed by atoms with van der Waals surface area (Å²) >= 11 is 0. The molecule has 48 heavy (non-hydrogen) atoms. The van der Waals surface area contributed by atoms with E-state index in [-0.39, 0.29) is 23.5 Å². The Hall–Kier alpha value is -1.10. The van der Waals surface area contributed by atoms with E-state index in [1.807, 2.05) is 0 Å². The third-order valence-electron chi connectivity index (χ3n) is 11.1. The fourth-order valence-electron chi connectivity index (χ4n) is 7.59. The number of unbranched alkanes of at least 4 members (excludes halogenated alkanes) is 19. The minimum absolute atomic E-state index is 0.00638. The second kappa shape index (κ2) is 31.9. The largest absolute Gasteiger partial charge is 0.466 e. The van der Waals surface area contributed by atoms with Crippen molar-refractivity contribution < 1.29 is 19.1 Å². The van der Waals surface area contributed by atoms with Gasteiger partial charge in [0.1, 0.15) is 6.10 Å². The van der Waals surface area contributed by atoms with Crippen LogP contribution in [-0.2, 0) is 19.1 Å². The average Bonchev–Trinajstić information content (AvgIpc) is 3.10. The molecule has 0 unspecified atom stereocenters. The van der Waals surface area contributed by atoms with Crippen molar-refractivity contribution in [2.45, 2.75) is 233 Å². The summed E-state index contributed by atoms with van der Waals surface area (Å²) in [6.45, 7) is 12.9. The number of carbonyl (C=O) groups excluding carboxylic acids is 2. The molecule has 0 atom stereocenters. The molecular weight excluding hydrogens is 594 g/mol. The van der Waals surface area contributed by atoms with Crippen molar-refractivity contribution in [3.05, 3.63) is 0 Å². The standard InChI is InChI=1S/C43H83NO4/c1-5-9-12-15-18-19-20-23-28-39-47-41(45)32-34-43(35-37-44(8-4)38-36-43)33-27-26-31-42(46)48-40(29-24-21-16-13-10-6-2)30-25-22-17-14-11-7-3/h40H,5-39H2,1-4H3. The number of nitrogens with zero attached hydrogens (tertiary/aromatic N) is 1. The highest BCUT2D eigenvalue weighted by molar-refractivity contribution is 5.69. The molecule has 0 saturated carbocycles.